The maximum atomic E-state index is 12.6. The van der Waals surface area contributed by atoms with E-state index in [1.165, 1.54) is 0 Å². The Kier molecular flexibility index (Phi) is 5.61. The van der Waals surface area contributed by atoms with Gasteiger partial charge in [-0.3, -0.25) is 14.5 Å². The van der Waals surface area contributed by atoms with Crippen molar-refractivity contribution in [2.45, 2.75) is 6.54 Å². The predicted molar refractivity (Wildman–Crippen MR) is 101 cm³/mol. The Morgan fingerprint density at radius 3 is 2.65 bits per heavy atom. The molecule has 5 nitrogen and oxygen atoms in total. The Balaban J connectivity index is 1.84. The summed E-state index contributed by atoms with van der Waals surface area (Å²) in [4.78, 5) is 26.4. The fourth-order valence-corrected chi connectivity index (χ4v) is 3.44. The van der Waals surface area contributed by atoms with Crippen LogP contribution in [0.3, 0.4) is 0 Å². The van der Waals surface area contributed by atoms with Gasteiger partial charge in [0.15, 0.2) is 6.61 Å². The van der Waals surface area contributed by atoms with Crippen molar-refractivity contribution in [3.05, 3.63) is 69.6 Å². The third-order valence-electron chi connectivity index (χ3n) is 3.66. The Bertz CT molecular complexity index is 936. The molecule has 0 atom stereocenters. The summed E-state index contributed by atoms with van der Waals surface area (Å²) in [6.07, 6.45) is 1.60. The number of halogens is 1. The number of hydrogen-bond donors (Lipinski definition) is 0. The minimum absolute atomic E-state index is 0.0984. The van der Waals surface area contributed by atoms with E-state index in [9.17, 15) is 9.59 Å². The molecule has 1 saturated heterocycles. The van der Waals surface area contributed by atoms with Crippen LogP contribution in [0.15, 0.2) is 53.4 Å². The predicted octanol–water partition coefficient (Wildman–Crippen LogP) is 4.48. The van der Waals surface area contributed by atoms with Crippen molar-refractivity contribution in [2.75, 3.05) is 6.61 Å². The molecule has 1 heterocycles. The van der Waals surface area contributed by atoms with E-state index >= 15 is 0 Å². The highest BCUT2D eigenvalue weighted by Gasteiger charge is 2.35. The first-order chi connectivity index (χ1) is 12.6. The molecular formula is C19H13ClN2O3S. The average Bonchev–Trinajstić information content (AvgIpc) is 2.90. The number of amides is 2. The molecule has 2 aromatic rings. The number of carbonyl (C=O) groups is 2. The van der Waals surface area contributed by atoms with Crippen molar-refractivity contribution in [3.63, 3.8) is 0 Å². The molecule has 0 N–H and O–H groups in total. The van der Waals surface area contributed by atoms with Crippen molar-refractivity contribution >= 4 is 40.6 Å². The van der Waals surface area contributed by atoms with Crippen molar-refractivity contribution in [1.82, 2.24) is 4.90 Å². The van der Waals surface area contributed by atoms with E-state index in [2.05, 4.69) is 0 Å². The fourth-order valence-electron chi connectivity index (χ4n) is 2.42. The molecule has 0 spiro atoms. The number of hydrogen-bond acceptors (Lipinski definition) is 5. The first-order valence-electron chi connectivity index (χ1n) is 7.67. The Hall–Kier alpha value is -2.75. The molecule has 0 unspecified atom stereocenters. The third-order valence-corrected chi connectivity index (χ3v) is 4.93. The van der Waals surface area contributed by atoms with Gasteiger partial charge in [0, 0.05) is 10.6 Å². The lowest BCUT2D eigenvalue weighted by Crippen LogP contribution is -2.27. The van der Waals surface area contributed by atoms with E-state index in [4.69, 9.17) is 21.6 Å². The summed E-state index contributed by atoms with van der Waals surface area (Å²) in [6.45, 7) is 0.0209. The normalized spacial score (nSPS) is 15.4. The summed E-state index contributed by atoms with van der Waals surface area (Å²) >= 11 is 6.99. The summed E-state index contributed by atoms with van der Waals surface area (Å²) in [5.41, 5.74) is 1.33. The van der Waals surface area contributed by atoms with Crippen molar-refractivity contribution in [3.8, 4) is 11.8 Å². The van der Waals surface area contributed by atoms with Gasteiger partial charge in [0.25, 0.3) is 11.1 Å². The van der Waals surface area contributed by atoms with Gasteiger partial charge in [-0.25, -0.2) is 0 Å². The van der Waals surface area contributed by atoms with Gasteiger partial charge in [-0.05, 0) is 35.5 Å². The van der Waals surface area contributed by atoms with E-state index < -0.39 is 0 Å². The largest absolute Gasteiger partial charge is 0.478 e. The summed E-state index contributed by atoms with van der Waals surface area (Å²) < 4.78 is 5.35. The number of benzene rings is 2. The molecule has 2 amide bonds. The maximum absolute atomic E-state index is 12.6. The van der Waals surface area contributed by atoms with Crippen LogP contribution in [0.25, 0.3) is 6.08 Å². The SMILES string of the molecule is N#CCOc1ccccc1/C=C1\SC(=O)N(Cc2ccccc2Cl)C1=O. The molecule has 0 bridgehead atoms. The van der Waals surface area contributed by atoms with Crippen LogP contribution in [0.5, 0.6) is 5.75 Å². The lowest BCUT2D eigenvalue weighted by molar-refractivity contribution is -0.123. The Morgan fingerprint density at radius 2 is 1.88 bits per heavy atom. The van der Waals surface area contributed by atoms with Crippen LogP contribution in [-0.2, 0) is 11.3 Å². The van der Waals surface area contributed by atoms with Gasteiger partial charge in [-0.2, -0.15) is 5.26 Å². The van der Waals surface area contributed by atoms with E-state index in [0.717, 1.165) is 16.7 Å². The molecule has 0 saturated carbocycles. The van der Waals surface area contributed by atoms with Crippen LogP contribution in [0, 0.1) is 11.3 Å². The number of nitriles is 1. The monoisotopic (exact) mass is 384 g/mol. The molecule has 3 rings (SSSR count). The standard InChI is InChI=1S/C19H13ClN2O3S/c20-15-7-3-1-6-14(15)12-22-18(23)17(26-19(22)24)11-13-5-2-4-8-16(13)25-10-9-21/h1-8,11H,10,12H2/b17-11-. The van der Waals surface area contributed by atoms with Crippen LogP contribution in [0.2, 0.25) is 5.02 Å². The highest BCUT2D eigenvalue weighted by molar-refractivity contribution is 8.18. The first-order valence-corrected chi connectivity index (χ1v) is 8.87. The average molecular weight is 385 g/mol. The van der Waals surface area contributed by atoms with Crippen molar-refractivity contribution in [2.24, 2.45) is 0 Å². The number of carbonyl (C=O) groups excluding carboxylic acids is 2. The van der Waals surface area contributed by atoms with Gasteiger partial charge >= 0.3 is 0 Å². The Labute approximate surface area is 159 Å². The van der Waals surface area contributed by atoms with E-state index in [1.807, 2.05) is 6.07 Å². The molecule has 26 heavy (non-hydrogen) atoms. The number of imide groups is 1. The second-order valence-corrected chi connectivity index (χ2v) is 6.74. The summed E-state index contributed by atoms with van der Waals surface area (Å²) in [6, 6.07) is 16.0. The summed E-state index contributed by atoms with van der Waals surface area (Å²) in [7, 11) is 0. The number of para-hydroxylation sites is 1. The van der Waals surface area contributed by atoms with Crippen LogP contribution in [0.1, 0.15) is 11.1 Å². The van der Waals surface area contributed by atoms with Gasteiger partial charge in [0.1, 0.15) is 11.8 Å². The number of nitrogens with zero attached hydrogens (tertiary/aromatic N) is 2. The molecular weight excluding hydrogens is 372 g/mol. The van der Waals surface area contributed by atoms with Gasteiger partial charge in [-0.15, -0.1) is 0 Å². The summed E-state index contributed by atoms with van der Waals surface area (Å²) in [5, 5.41) is 8.82. The zero-order valence-electron chi connectivity index (χ0n) is 13.5. The topological polar surface area (TPSA) is 70.4 Å². The smallest absolute Gasteiger partial charge is 0.293 e. The molecule has 0 radical (unpaired) electrons. The van der Waals surface area contributed by atoms with Crippen LogP contribution >= 0.6 is 23.4 Å². The van der Waals surface area contributed by atoms with E-state index in [-0.39, 0.29) is 24.3 Å². The van der Waals surface area contributed by atoms with Crippen LogP contribution in [0.4, 0.5) is 4.79 Å². The molecule has 7 heteroatoms. The molecule has 130 valence electrons. The highest BCUT2D eigenvalue weighted by Crippen LogP contribution is 2.35. The van der Waals surface area contributed by atoms with Crippen molar-refractivity contribution < 1.29 is 14.3 Å². The second kappa shape index (κ2) is 8.09. The van der Waals surface area contributed by atoms with E-state index in [0.29, 0.717) is 26.8 Å². The minimum atomic E-state index is -0.380. The number of ether oxygens (including phenoxy) is 1. The molecule has 0 aliphatic carbocycles. The Morgan fingerprint density at radius 1 is 1.15 bits per heavy atom. The summed E-state index contributed by atoms with van der Waals surface area (Å²) in [5.74, 6) is 0.0990. The zero-order chi connectivity index (χ0) is 18.5. The lowest BCUT2D eigenvalue weighted by Gasteiger charge is -2.13. The van der Waals surface area contributed by atoms with Gasteiger partial charge in [0.2, 0.25) is 0 Å². The van der Waals surface area contributed by atoms with Crippen LogP contribution < -0.4 is 4.74 Å². The minimum Gasteiger partial charge on any atom is -0.478 e. The zero-order valence-corrected chi connectivity index (χ0v) is 15.1. The number of rotatable bonds is 5. The van der Waals surface area contributed by atoms with E-state index in [1.54, 1.807) is 54.6 Å². The second-order valence-electron chi connectivity index (χ2n) is 5.34. The molecule has 1 fully saturated rings. The van der Waals surface area contributed by atoms with Crippen molar-refractivity contribution in [1.29, 1.82) is 5.26 Å². The third kappa shape index (κ3) is 3.90. The maximum Gasteiger partial charge on any atom is 0.293 e. The van der Waals surface area contributed by atoms with Gasteiger partial charge < -0.3 is 4.74 Å². The lowest BCUT2D eigenvalue weighted by atomic mass is 10.1. The van der Waals surface area contributed by atoms with Gasteiger partial charge in [-0.1, -0.05) is 48.0 Å². The molecule has 1 aliphatic heterocycles. The molecule has 2 aromatic carbocycles. The fraction of sp³-hybridized carbons (Fsp3) is 0.105. The molecule has 0 aromatic heterocycles. The molecule has 1 aliphatic rings. The highest BCUT2D eigenvalue weighted by atomic mass is 35.5. The van der Waals surface area contributed by atoms with Gasteiger partial charge in [0.05, 0.1) is 11.4 Å². The van der Waals surface area contributed by atoms with Crippen LogP contribution in [-0.4, -0.2) is 22.7 Å². The first kappa shape index (κ1) is 18.1. The quantitative estimate of drug-likeness (QED) is 0.711. The number of thioether (sulfide) groups is 1.